The fourth-order valence-electron chi connectivity index (χ4n) is 6.01. The molecule has 2 saturated carbocycles. The number of carbonyl (C=O) groups excluding carboxylic acids is 2. The van der Waals surface area contributed by atoms with Crippen molar-refractivity contribution in [2.75, 3.05) is 6.54 Å². The number of phenols is 1. The molecule has 0 unspecified atom stereocenters. The summed E-state index contributed by atoms with van der Waals surface area (Å²) >= 11 is 0. The second-order valence-corrected chi connectivity index (χ2v) is 8.30. The first-order valence-electron chi connectivity index (χ1n) is 9.58. The Labute approximate surface area is 149 Å². The molecule has 4 heteroatoms. The zero-order chi connectivity index (χ0) is 17.8. The van der Waals surface area contributed by atoms with Crippen molar-refractivity contribution in [1.29, 1.82) is 0 Å². The number of Topliss-reactive ketones (excluding diaryl/α,β-unsaturated/α-hetero) is 1. The zero-order valence-electron chi connectivity index (χ0n) is 15.0. The molecule has 5 atom stereocenters. The Balaban J connectivity index is 1.72. The monoisotopic (exact) mass is 341 g/mol. The number of aryl methyl sites for hydroxylation is 1. The summed E-state index contributed by atoms with van der Waals surface area (Å²) in [5.41, 5.74) is 2.22. The fraction of sp³-hybridized carbons (Fsp3) is 0.619. The summed E-state index contributed by atoms with van der Waals surface area (Å²) in [5.74, 6) is 1.43. The van der Waals surface area contributed by atoms with Gasteiger partial charge < -0.3 is 10.4 Å². The molecule has 0 spiro atoms. The number of phenolic OH excluding ortho intramolecular Hbond substituents is 1. The van der Waals surface area contributed by atoms with E-state index < -0.39 is 0 Å². The molecule has 0 heterocycles. The number of fused-ring (bicyclic) bond motifs is 5. The van der Waals surface area contributed by atoms with Crippen LogP contribution in [0, 0.1) is 23.2 Å². The number of aromatic hydroxyl groups is 1. The average molecular weight is 341 g/mol. The van der Waals surface area contributed by atoms with E-state index in [1.165, 1.54) is 11.1 Å². The van der Waals surface area contributed by atoms with Gasteiger partial charge >= 0.3 is 0 Å². The van der Waals surface area contributed by atoms with Gasteiger partial charge in [0.1, 0.15) is 11.5 Å². The smallest absolute Gasteiger partial charge is 0.223 e. The number of nitrogens with one attached hydrogen (secondary N) is 1. The summed E-state index contributed by atoms with van der Waals surface area (Å²) in [6.45, 7) is 4.64. The van der Waals surface area contributed by atoms with Crippen molar-refractivity contribution in [3.8, 4) is 5.75 Å². The minimum atomic E-state index is -0.342. The van der Waals surface area contributed by atoms with E-state index in [1.54, 1.807) is 6.07 Å². The Morgan fingerprint density at radius 3 is 2.92 bits per heavy atom. The molecule has 4 rings (SSSR count). The Kier molecular flexibility index (Phi) is 3.89. The van der Waals surface area contributed by atoms with Crippen molar-refractivity contribution in [3.63, 3.8) is 0 Å². The molecule has 134 valence electrons. The third-order valence-electron chi connectivity index (χ3n) is 7.13. The molecule has 4 nitrogen and oxygen atoms in total. The van der Waals surface area contributed by atoms with Gasteiger partial charge in [0, 0.05) is 24.3 Å². The molecule has 2 N–H and O–H groups in total. The lowest BCUT2D eigenvalue weighted by Gasteiger charge is -2.49. The first-order valence-corrected chi connectivity index (χ1v) is 9.58. The number of hydrogen-bond donors (Lipinski definition) is 2. The van der Waals surface area contributed by atoms with Crippen LogP contribution in [0.1, 0.15) is 56.6 Å². The zero-order valence-corrected chi connectivity index (χ0v) is 15.0. The molecule has 1 amide bonds. The molecule has 0 radical (unpaired) electrons. The van der Waals surface area contributed by atoms with Gasteiger partial charge in [0.05, 0.1) is 0 Å². The third kappa shape index (κ3) is 2.41. The Morgan fingerprint density at radius 2 is 2.16 bits per heavy atom. The second-order valence-electron chi connectivity index (χ2n) is 8.30. The summed E-state index contributed by atoms with van der Waals surface area (Å²) in [7, 11) is 0. The van der Waals surface area contributed by atoms with E-state index in [4.69, 9.17) is 0 Å². The standard InChI is InChI=1S/C21H27NO3/c1-3-22-20(25)17-11-18(24)21(2)9-8-15-14-7-5-13(23)10-12(14)4-6-16(15)19(17)21/h5,7,10,15-17,19,23H,3-4,6,8-9,11H2,1-2H3,(H,22,25)/t15-,16-,17-,19-,21-/m1/s1. The Bertz CT molecular complexity index is 728. The van der Waals surface area contributed by atoms with E-state index >= 15 is 0 Å². The normalized spacial score (nSPS) is 36.3. The van der Waals surface area contributed by atoms with Gasteiger partial charge in [-0.3, -0.25) is 9.59 Å². The predicted octanol–water partition coefficient (Wildman–Crippen LogP) is 3.18. The van der Waals surface area contributed by atoms with Gasteiger partial charge in [-0.05, 0) is 73.6 Å². The van der Waals surface area contributed by atoms with Crippen molar-refractivity contribution in [2.24, 2.45) is 23.2 Å². The van der Waals surface area contributed by atoms with Crippen LogP contribution in [0.2, 0.25) is 0 Å². The van der Waals surface area contributed by atoms with Crippen molar-refractivity contribution in [3.05, 3.63) is 29.3 Å². The van der Waals surface area contributed by atoms with Crippen LogP contribution in [-0.2, 0) is 16.0 Å². The number of hydrogen-bond acceptors (Lipinski definition) is 3. The molecule has 1 aromatic rings. The lowest BCUT2D eigenvalue weighted by atomic mass is 9.54. The quantitative estimate of drug-likeness (QED) is 0.868. The molecule has 25 heavy (non-hydrogen) atoms. The molecule has 0 bridgehead atoms. The van der Waals surface area contributed by atoms with Gasteiger partial charge in [-0.15, -0.1) is 0 Å². The van der Waals surface area contributed by atoms with E-state index in [1.807, 2.05) is 13.0 Å². The molecule has 0 aliphatic heterocycles. The van der Waals surface area contributed by atoms with E-state index in [2.05, 4.69) is 18.3 Å². The van der Waals surface area contributed by atoms with Gasteiger partial charge in [-0.2, -0.15) is 0 Å². The highest BCUT2D eigenvalue weighted by molar-refractivity contribution is 5.94. The largest absolute Gasteiger partial charge is 0.508 e. The van der Waals surface area contributed by atoms with Crippen LogP contribution < -0.4 is 5.32 Å². The van der Waals surface area contributed by atoms with Crippen LogP contribution in [0.25, 0.3) is 0 Å². The number of ketones is 1. The van der Waals surface area contributed by atoms with Gasteiger partial charge in [-0.25, -0.2) is 0 Å². The maximum atomic E-state index is 12.8. The number of carbonyl (C=O) groups is 2. The SMILES string of the molecule is CCNC(=O)[C@@H]1CC(=O)[C@@]2(C)CC[C@@H]3c4ccc(O)cc4CC[C@H]3[C@H]12. The minimum Gasteiger partial charge on any atom is -0.508 e. The molecular formula is C21H27NO3. The molecule has 0 aromatic heterocycles. The van der Waals surface area contributed by atoms with Crippen LogP contribution in [0.4, 0.5) is 0 Å². The summed E-state index contributed by atoms with van der Waals surface area (Å²) in [5, 5.41) is 12.7. The first-order chi connectivity index (χ1) is 12.0. The van der Waals surface area contributed by atoms with Gasteiger partial charge in [0.25, 0.3) is 0 Å². The van der Waals surface area contributed by atoms with Crippen LogP contribution >= 0.6 is 0 Å². The summed E-state index contributed by atoms with van der Waals surface area (Å²) in [4.78, 5) is 25.5. The molecule has 2 fully saturated rings. The van der Waals surface area contributed by atoms with Gasteiger partial charge in [0.2, 0.25) is 5.91 Å². The van der Waals surface area contributed by atoms with Crippen molar-refractivity contribution in [2.45, 2.75) is 51.9 Å². The highest BCUT2D eigenvalue weighted by Gasteiger charge is 2.60. The Hall–Kier alpha value is -1.84. The summed E-state index contributed by atoms with van der Waals surface area (Å²) < 4.78 is 0. The second kappa shape index (κ2) is 5.86. The summed E-state index contributed by atoms with van der Waals surface area (Å²) in [6, 6.07) is 5.72. The van der Waals surface area contributed by atoms with E-state index in [0.29, 0.717) is 30.6 Å². The van der Waals surface area contributed by atoms with Crippen LogP contribution in [0.15, 0.2) is 18.2 Å². The maximum Gasteiger partial charge on any atom is 0.223 e. The van der Waals surface area contributed by atoms with E-state index in [0.717, 1.165) is 25.7 Å². The number of amides is 1. The van der Waals surface area contributed by atoms with E-state index in [-0.39, 0.29) is 28.9 Å². The van der Waals surface area contributed by atoms with Crippen LogP contribution in [0.5, 0.6) is 5.75 Å². The fourth-order valence-corrected chi connectivity index (χ4v) is 6.01. The highest BCUT2D eigenvalue weighted by Crippen LogP contribution is 2.61. The summed E-state index contributed by atoms with van der Waals surface area (Å²) in [6.07, 6.45) is 4.20. The maximum absolute atomic E-state index is 12.8. The first kappa shape index (κ1) is 16.6. The highest BCUT2D eigenvalue weighted by atomic mass is 16.3. The van der Waals surface area contributed by atoms with Crippen molar-refractivity contribution in [1.82, 2.24) is 5.32 Å². The molecular weight excluding hydrogens is 314 g/mol. The lowest BCUT2D eigenvalue weighted by Crippen LogP contribution is -2.46. The lowest BCUT2D eigenvalue weighted by molar-refractivity contribution is -0.130. The Morgan fingerprint density at radius 1 is 1.36 bits per heavy atom. The molecule has 3 aliphatic rings. The molecule has 1 aromatic carbocycles. The van der Waals surface area contributed by atoms with Gasteiger partial charge in [-0.1, -0.05) is 13.0 Å². The predicted molar refractivity (Wildman–Crippen MR) is 95.3 cm³/mol. The van der Waals surface area contributed by atoms with Crippen molar-refractivity contribution >= 4 is 11.7 Å². The topological polar surface area (TPSA) is 66.4 Å². The average Bonchev–Trinajstić information content (AvgIpc) is 2.86. The molecule has 3 aliphatic carbocycles. The van der Waals surface area contributed by atoms with Gasteiger partial charge in [0.15, 0.2) is 0 Å². The number of benzene rings is 1. The molecule has 0 saturated heterocycles. The third-order valence-corrected chi connectivity index (χ3v) is 7.13. The number of rotatable bonds is 2. The van der Waals surface area contributed by atoms with Crippen LogP contribution in [-0.4, -0.2) is 23.3 Å². The van der Waals surface area contributed by atoms with E-state index in [9.17, 15) is 14.7 Å². The van der Waals surface area contributed by atoms with Crippen LogP contribution in [0.3, 0.4) is 0 Å². The van der Waals surface area contributed by atoms with Crippen molar-refractivity contribution < 1.29 is 14.7 Å². The minimum absolute atomic E-state index is 0.0572.